The average molecular weight is 579 g/mol. The third-order valence-corrected chi connectivity index (χ3v) is 7.08. The van der Waals surface area contributed by atoms with E-state index in [1.165, 1.54) is 0 Å². The van der Waals surface area contributed by atoms with Gasteiger partial charge in [0.1, 0.15) is 22.7 Å². The Morgan fingerprint density at radius 1 is 1.18 bits per heavy atom. The van der Waals surface area contributed by atoms with Crippen LogP contribution in [0.5, 0.6) is 11.5 Å². The van der Waals surface area contributed by atoms with E-state index in [1.54, 1.807) is 17.0 Å². The highest BCUT2D eigenvalue weighted by atomic mass is 127. The van der Waals surface area contributed by atoms with Crippen LogP contribution in [-0.4, -0.2) is 35.7 Å². The number of amides is 1. The molecule has 0 saturated carbocycles. The zero-order valence-electron chi connectivity index (χ0n) is 20.7. The van der Waals surface area contributed by atoms with Crippen LogP contribution in [0.4, 0.5) is 4.79 Å². The number of carbonyl (C=O) groups is 2. The molecular weight excluding hydrogens is 545 g/mol. The van der Waals surface area contributed by atoms with Gasteiger partial charge in [-0.3, -0.25) is 0 Å². The number of para-hydroxylation sites is 1. The predicted molar refractivity (Wildman–Crippen MR) is 141 cm³/mol. The number of halogens is 1. The number of rotatable bonds is 7. The van der Waals surface area contributed by atoms with Crippen molar-refractivity contribution in [3.8, 4) is 11.5 Å². The highest BCUT2D eigenvalue weighted by Gasteiger charge is 2.36. The summed E-state index contributed by atoms with van der Waals surface area (Å²) < 4.78 is 18.4. The molecule has 2 aromatic rings. The van der Waals surface area contributed by atoms with Crippen LogP contribution in [0.15, 0.2) is 36.4 Å². The minimum Gasteiger partial charge on any atom is -0.493 e. The summed E-state index contributed by atoms with van der Waals surface area (Å²) in [5.41, 5.74) is 1.63. The van der Waals surface area contributed by atoms with Gasteiger partial charge in [0.05, 0.1) is 12.6 Å². The fourth-order valence-electron chi connectivity index (χ4n) is 4.00. The third kappa shape index (κ3) is 6.43. The number of benzene rings is 2. The van der Waals surface area contributed by atoms with Gasteiger partial charge in [0, 0.05) is 10.1 Å². The molecule has 34 heavy (non-hydrogen) atoms. The number of hydrogen-bond acceptors (Lipinski definition) is 5. The predicted octanol–water partition coefficient (Wildman–Crippen LogP) is 7.07. The Kier molecular flexibility index (Phi) is 8.84. The van der Waals surface area contributed by atoms with Crippen molar-refractivity contribution in [2.75, 3.05) is 13.2 Å². The number of carbonyl (C=O) groups excluding carboxylic acids is 2. The van der Waals surface area contributed by atoms with Crippen molar-refractivity contribution in [2.45, 2.75) is 71.9 Å². The second-order valence-corrected chi connectivity index (χ2v) is 10.6. The molecule has 184 valence electrons. The van der Waals surface area contributed by atoms with Gasteiger partial charge < -0.3 is 19.1 Å². The maximum atomic E-state index is 13.2. The monoisotopic (exact) mass is 579 g/mol. The standard InChI is InChI=1S/C27H34INO5/c1-6-7-16-32-22-17-20(21-14-11-15-29(21)26(31)34-27(3,4)5)24(28)18(2)23(22)25(30)33-19-12-9-8-10-13-19/h8-10,12-13,17,21H,6-7,11,14-16H2,1-5H3. The second kappa shape index (κ2) is 11.4. The summed E-state index contributed by atoms with van der Waals surface area (Å²) in [6.07, 6.45) is 3.26. The van der Waals surface area contributed by atoms with E-state index in [0.717, 1.165) is 40.4 Å². The molecule has 7 heteroatoms. The van der Waals surface area contributed by atoms with E-state index < -0.39 is 11.6 Å². The van der Waals surface area contributed by atoms with Gasteiger partial charge in [-0.2, -0.15) is 0 Å². The molecule has 1 aliphatic rings. The number of nitrogens with zero attached hydrogens (tertiary/aromatic N) is 1. The lowest BCUT2D eigenvalue weighted by molar-refractivity contribution is 0.0223. The summed E-state index contributed by atoms with van der Waals surface area (Å²) in [7, 11) is 0. The summed E-state index contributed by atoms with van der Waals surface area (Å²) in [6.45, 7) is 10.8. The van der Waals surface area contributed by atoms with E-state index >= 15 is 0 Å². The van der Waals surface area contributed by atoms with E-state index in [2.05, 4.69) is 29.5 Å². The molecule has 0 radical (unpaired) electrons. The minimum absolute atomic E-state index is 0.131. The molecule has 3 rings (SSSR count). The summed E-state index contributed by atoms with van der Waals surface area (Å²) >= 11 is 2.27. The molecule has 0 aromatic heterocycles. The van der Waals surface area contributed by atoms with Crippen molar-refractivity contribution in [1.82, 2.24) is 4.90 Å². The molecule has 1 amide bonds. The van der Waals surface area contributed by atoms with Crippen LogP contribution in [0.2, 0.25) is 0 Å². The van der Waals surface area contributed by atoms with Crippen LogP contribution >= 0.6 is 22.6 Å². The molecule has 1 aliphatic heterocycles. The average Bonchev–Trinajstić information content (AvgIpc) is 3.25. The largest absolute Gasteiger partial charge is 0.493 e. The van der Waals surface area contributed by atoms with Gasteiger partial charge in [0.25, 0.3) is 0 Å². The second-order valence-electron chi connectivity index (χ2n) is 9.51. The summed E-state index contributed by atoms with van der Waals surface area (Å²) in [4.78, 5) is 27.9. The quantitative estimate of drug-likeness (QED) is 0.152. The van der Waals surface area contributed by atoms with Gasteiger partial charge in [0.2, 0.25) is 0 Å². The van der Waals surface area contributed by atoms with Crippen LogP contribution in [0.1, 0.15) is 80.9 Å². The molecule has 0 aliphatic carbocycles. The van der Waals surface area contributed by atoms with Crippen molar-refractivity contribution in [3.63, 3.8) is 0 Å². The minimum atomic E-state index is -0.563. The lowest BCUT2D eigenvalue weighted by Crippen LogP contribution is -2.36. The fraction of sp³-hybridized carbons (Fsp3) is 0.481. The smallest absolute Gasteiger partial charge is 0.410 e. The SMILES string of the molecule is CCCCOc1cc(C2CCCN2C(=O)OC(C)(C)C)c(I)c(C)c1C(=O)Oc1ccccc1. The maximum Gasteiger partial charge on any atom is 0.410 e. The summed E-state index contributed by atoms with van der Waals surface area (Å²) in [5, 5.41) is 0. The maximum absolute atomic E-state index is 13.2. The Hall–Kier alpha value is -2.29. The van der Waals surface area contributed by atoms with Crippen molar-refractivity contribution in [3.05, 3.63) is 56.7 Å². The van der Waals surface area contributed by atoms with E-state index in [-0.39, 0.29) is 12.1 Å². The van der Waals surface area contributed by atoms with E-state index in [9.17, 15) is 9.59 Å². The van der Waals surface area contributed by atoms with Crippen LogP contribution in [0.3, 0.4) is 0 Å². The van der Waals surface area contributed by atoms with E-state index in [1.807, 2.05) is 52.0 Å². The van der Waals surface area contributed by atoms with Crippen LogP contribution in [0.25, 0.3) is 0 Å². The molecule has 1 heterocycles. The Bertz CT molecular complexity index is 1020. The molecule has 6 nitrogen and oxygen atoms in total. The fourth-order valence-corrected chi connectivity index (χ4v) is 4.78. The molecular formula is C27H34INO5. The van der Waals surface area contributed by atoms with Crippen LogP contribution in [-0.2, 0) is 4.74 Å². The molecule has 1 fully saturated rings. The van der Waals surface area contributed by atoms with Gasteiger partial charge in [0.15, 0.2) is 0 Å². The molecule has 1 saturated heterocycles. The molecule has 1 atom stereocenters. The molecule has 1 unspecified atom stereocenters. The number of ether oxygens (including phenoxy) is 3. The Labute approximate surface area is 216 Å². The lowest BCUT2D eigenvalue weighted by Gasteiger charge is -2.30. The van der Waals surface area contributed by atoms with Crippen molar-refractivity contribution in [1.29, 1.82) is 0 Å². The first kappa shape index (κ1) is 26.3. The lowest BCUT2D eigenvalue weighted by atomic mass is 9.97. The van der Waals surface area contributed by atoms with Gasteiger partial charge in [-0.25, -0.2) is 9.59 Å². The van der Waals surface area contributed by atoms with E-state index in [4.69, 9.17) is 14.2 Å². The zero-order chi connectivity index (χ0) is 24.9. The molecule has 0 spiro atoms. The van der Waals surface area contributed by atoms with Gasteiger partial charge in [-0.1, -0.05) is 31.5 Å². The Balaban J connectivity index is 1.99. The van der Waals surface area contributed by atoms with Gasteiger partial charge in [-0.15, -0.1) is 0 Å². The summed E-state index contributed by atoms with van der Waals surface area (Å²) in [5.74, 6) is 0.533. The molecule has 0 N–H and O–H groups in total. The van der Waals surface area contributed by atoms with Crippen LogP contribution in [0, 0.1) is 10.5 Å². The Morgan fingerprint density at radius 2 is 1.88 bits per heavy atom. The topological polar surface area (TPSA) is 65.1 Å². The number of esters is 1. The van der Waals surface area contributed by atoms with Crippen molar-refractivity contribution >= 4 is 34.7 Å². The van der Waals surface area contributed by atoms with Gasteiger partial charge in [-0.05, 0) is 98.9 Å². The first-order chi connectivity index (χ1) is 16.1. The number of unbranched alkanes of at least 4 members (excludes halogenated alkanes) is 1. The number of hydrogen-bond donors (Lipinski definition) is 0. The van der Waals surface area contributed by atoms with Gasteiger partial charge >= 0.3 is 12.1 Å². The molecule has 0 bridgehead atoms. The first-order valence-electron chi connectivity index (χ1n) is 11.8. The van der Waals surface area contributed by atoms with Crippen LogP contribution < -0.4 is 9.47 Å². The highest BCUT2D eigenvalue weighted by Crippen LogP contribution is 2.40. The van der Waals surface area contributed by atoms with Crippen molar-refractivity contribution < 1.29 is 23.8 Å². The molecule has 2 aromatic carbocycles. The number of likely N-dealkylation sites (tertiary alicyclic amines) is 1. The normalized spacial score (nSPS) is 15.8. The highest BCUT2D eigenvalue weighted by molar-refractivity contribution is 14.1. The Morgan fingerprint density at radius 3 is 2.53 bits per heavy atom. The summed E-state index contributed by atoms with van der Waals surface area (Å²) in [6, 6.07) is 10.8. The third-order valence-electron chi connectivity index (χ3n) is 5.64. The van der Waals surface area contributed by atoms with E-state index in [0.29, 0.717) is 30.2 Å². The zero-order valence-corrected chi connectivity index (χ0v) is 22.8. The first-order valence-corrected chi connectivity index (χ1v) is 12.9. The van der Waals surface area contributed by atoms with Crippen molar-refractivity contribution in [2.24, 2.45) is 0 Å².